The van der Waals surface area contributed by atoms with E-state index in [4.69, 9.17) is 14.4 Å². The van der Waals surface area contributed by atoms with Gasteiger partial charge in [-0.3, -0.25) is 0 Å². The van der Waals surface area contributed by atoms with Gasteiger partial charge < -0.3 is 9.73 Å². The fourth-order valence-electron chi connectivity index (χ4n) is 7.34. The van der Waals surface area contributed by atoms with Crippen molar-refractivity contribution < 1.29 is 4.42 Å². The van der Waals surface area contributed by atoms with Crippen LogP contribution >= 0.6 is 0 Å². The van der Waals surface area contributed by atoms with Gasteiger partial charge >= 0.3 is 0 Å². The molecule has 8 aromatic carbocycles. The summed E-state index contributed by atoms with van der Waals surface area (Å²) in [7, 11) is 0. The molecule has 1 N–H and O–H groups in total. The average molecular weight is 628 g/mol. The molecular formula is C45H29N3O. The van der Waals surface area contributed by atoms with Crippen LogP contribution in [0.4, 0.5) is 0 Å². The summed E-state index contributed by atoms with van der Waals surface area (Å²) in [5, 5.41) is 13.1. The van der Waals surface area contributed by atoms with Gasteiger partial charge in [0.2, 0.25) is 0 Å². The molecule has 4 heteroatoms. The zero-order valence-electron chi connectivity index (χ0n) is 26.5. The van der Waals surface area contributed by atoms with Crippen molar-refractivity contribution >= 4 is 65.9 Å². The van der Waals surface area contributed by atoms with Crippen molar-refractivity contribution in [3.05, 3.63) is 180 Å². The zero-order valence-corrected chi connectivity index (χ0v) is 26.5. The molecule has 9 aromatic rings. The lowest BCUT2D eigenvalue weighted by molar-refractivity contribution is 0.662. The van der Waals surface area contributed by atoms with Crippen molar-refractivity contribution in [2.45, 2.75) is 6.17 Å². The van der Waals surface area contributed by atoms with E-state index >= 15 is 0 Å². The van der Waals surface area contributed by atoms with Gasteiger partial charge in [-0.1, -0.05) is 133 Å². The van der Waals surface area contributed by atoms with Crippen LogP contribution in [0.25, 0.3) is 65.4 Å². The molecule has 1 aromatic heterocycles. The molecule has 0 saturated carbocycles. The Bertz CT molecular complexity index is 2810. The fourth-order valence-corrected chi connectivity index (χ4v) is 7.34. The van der Waals surface area contributed by atoms with E-state index in [1.807, 2.05) is 24.3 Å². The summed E-state index contributed by atoms with van der Waals surface area (Å²) in [6.45, 7) is 0. The van der Waals surface area contributed by atoms with Crippen LogP contribution in [0.1, 0.15) is 22.9 Å². The van der Waals surface area contributed by atoms with Gasteiger partial charge in [0.15, 0.2) is 5.84 Å². The number of hydrogen-bond acceptors (Lipinski definition) is 4. The van der Waals surface area contributed by atoms with Crippen molar-refractivity contribution in [2.24, 2.45) is 9.98 Å². The molecule has 2 heterocycles. The van der Waals surface area contributed by atoms with E-state index in [1.165, 1.54) is 26.9 Å². The Labute approximate surface area is 282 Å². The minimum absolute atomic E-state index is 0.391. The predicted octanol–water partition coefficient (Wildman–Crippen LogP) is 11.2. The van der Waals surface area contributed by atoms with Gasteiger partial charge in [-0.25, -0.2) is 9.98 Å². The molecule has 4 nitrogen and oxygen atoms in total. The van der Waals surface area contributed by atoms with Crippen LogP contribution in [-0.2, 0) is 0 Å². The molecule has 1 aliphatic rings. The summed E-state index contributed by atoms with van der Waals surface area (Å²) in [6.07, 6.45) is -0.391. The lowest BCUT2D eigenvalue weighted by Gasteiger charge is -2.25. The minimum atomic E-state index is -0.391. The number of benzene rings is 8. The maximum Gasteiger partial charge on any atom is 0.159 e. The monoisotopic (exact) mass is 627 g/mol. The van der Waals surface area contributed by atoms with Gasteiger partial charge in [0.1, 0.15) is 23.2 Å². The highest BCUT2D eigenvalue weighted by Crippen LogP contribution is 2.38. The first-order chi connectivity index (χ1) is 24.3. The van der Waals surface area contributed by atoms with E-state index in [1.54, 1.807) is 0 Å². The lowest BCUT2D eigenvalue weighted by Crippen LogP contribution is -2.33. The second-order valence-electron chi connectivity index (χ2n) is 12.6. The second kappa shape index (κ2) is 11.0. The molecule has 0 saturated heterocycles. The van der Waals surface area contributed by atoms with Crippen LogP contribution in [-0.4, -0.2) is 11.7 Å². The number of nitrogens with one attached hydrogen (secondary N) is 1. The average Bonchev–Trinajstić information content (AvgIpc) is 3.56. The first kappa shape index (κ1) is 27.6. The van der Waals surface area contributed by atoms with Gasteiger partial charge in [-0.15, -0.1) is 0 Å². The number of fused-ring (bicyclic) bond motifs is 7. The SMILES string of the molecule is c1ccc(C2=NC(c3cccc4oc5cc(-c6ccc7ccccc7c6)ccc5c34)NC(c3cc4ccccc4c4ccccc34)=N2)cc1. The maximum absolute atomic E-state index is 6.56. The number of amidine groups is 2. The normalized spacial score (nSPS) is 14.7. The van der Waals surface area contributed by atoms with Crippen LogP contribution < -0.4 is 5.32 Å². The Balaban J connectivity index is 1.13. The summed E-state index contributed by atoms with van der Waals surface area (Å²) >= 11 is 0. The Morgan fingerprint density at radius 1 is 0.469 bits per heavy atom. The van der Waals surface area contributed by atoms with E-state index in [2.05, 4.69) is 145 Å². The summed E-state index contributed by atoms with van der Waals surface area (Å²) < 4.78 is 6.56. The molecule has 49 heavy (non-hydrogen) atoms. The molecule has 0 amide bonds. The van der Waals surface area contributed by atoms with E-state index in [9.17, 15) is 0 Å². The van der Waals surface area contributed by atoms with Gasteiger partial charge in [0.25, 0.3) is 0 Å². The standard InChI is InChI=1S/C45H29N3O/c1-2-12-29(13-3-1)43-46-44(48-45(47-43)39-26-33-15-6-7-16-34(33)35-17-8-9-18-36(35)39)38-19-10-20-40-42(38)37-24-23-32(27-41(37)49-40)31-22-21-28-11-4-5-14-30(28)25-31/h1-27,44H,(H,46,47,48). The van der Waals surface area contributed by atoms with E-state index < -0.39 is 6.17 Å². The molecule has 1 atom stereocenters. The Morgan fingerprint density at radius 2 is 1.18 bits per heavy atom. The summed E-state index contributed by atoms with van der Waals surface area (Å²) in [5.74, 6) is 1.49. The van der Waals surface area contributed by atoms with Crippen LogP contribution in [0.5, 0.6) is 0 Å². The van der Waals surface area contributed by atoms with Crippen LogP contribution in [0.3, 0.4) is 0 Å². The first-order valence-electron chi connectivity index (χ1n) is 16.6. The Morgan fingerprint density at radius 3 is 2.06 bits per heavy atom. The van der Waals surface area contributed by atoms with Crippen molar-refractivity contribution in [2.75, 3.05) is 0 Å². The smallest absolute Gasteiger partial charge is 0.159 e. The van der Waals surface area contributed by atoms with Crippen molar-refractivity contribution in [3.8, 4) is 11.1 Å². The fraction of sp³-hybridized carbons (Fsp3) is 0.0222. The third-order valence-corrected chi connectivity index (χ3v) is 9.70. The molecule has 0 aliphatic carbocycles. The molecule has 0 radical (unpaired) electrons. The highest BCUT2D eigenvalue weighted by Gasteiger charge is 2.25. The topological polar surface area (TPSA) is 49.9 Å². The van der Waals surface area contributed by atoms with E-state index in [0.717, 1.165) is 61.0 Å². The first-order valence-corrected chi connectivity index (χ1v) is 16.6. The van der Waals surface area contributed by atoms with Crippen LogP contribution in [0.2, 0.25) is 0 Å². The van der Waals surface area contributed by atoms with Gasteiger partial charge in [-0.2, -0.15) is 0 Å². The van der Waals surface area contributed by atoms with E-state index in [0.29, 0.717) is 5.84 Å². The maximum atomic E-state index is 6.56. The number of aliphatic imine (C=N–C) groups is 2. The number of rotatable bonds is 4. The molecule has 10 rings (SSSR count). The van der Waals surface area contributed by atoms with Gasteiger partial charge in [0, 0.05) is 27.5 Å². The largest absolute Gasteiger partial charge is 0.456 e. The molecule has 0 spiro atoms. The molecule has 0 fully saturated rings. The highest BCUT2D eigenvalue weighted by atomic mass is 16.3. The molecule has 0 bridgehead atoms. The van der Waals surface area contributed by atoms with Gasteiger partial charge in [-0.05, 0) is 73.8 Å². The van der Waals surface area contributed by atoms with E-state index in [-0.39, 0.29) is 0 Å². The third kappa shape index (κ3) is 4.61. The molecular weight excluding hydrogens is 599 g/mol. The van der Waals surface area contributed by atoms with Crippen LogP contribution in [0.15, 0.2) is 178 Å². The molecule has 1 unspecified atom stereocenters. The summed E-state index contributed by atoms with van der Waals surface area (Å²) in [5.41, 5.74) is 7.04. The Kier molecular flexibility index (Phi) is 6.21. The summed E-state index contributed by atoms with van der Waals surface area (Å²) in [6, 6.07) is 57.5. The second-order valence-corrected chi connectivity index (χ2v) is 12.6. The highest BCUT2D eigenvalue weighted by molar-refractivity contribution is 6.22. The Hall–Kier alpha value is -6.52. The number of furan rings is 1. The molecule has 1 aliphatic heterocycles. The predicted molar refractivity (Wildman–Crippen MR) is 204 cm³/mol. The number of nitrogens with zero attached hydrogens (tertiary/aromatic N) is 2. The summed E-state index contributed by atoms with van der Waals surface area (Å²) in [4.78, 5) is 10.4. The zero-order chi connectivity index (χ0) is 32.3. The van der Waals surface area contributed by atoms with Gasteiger partial charge in [0.05, 0.1) is 0 Å². The minimum Gasteiger partial charge on any atom is -0.456 e. The molecule has 230 valence electrons. The van der Waals surface area contributed by atoms with Crippen LogP contribution in [0, 0.1) is 0 Å². The number of hydrogen-bond donors (Lipinski definition) is 1. The lowest BCUT2D eigenvalue weighted by atomic mass is 9.96. The van der Waals surface area contributed by atoms with Crippen molar-refractivity contribution in [3.63, 3.8) is 0 Å². The quantitative estimate of drug-likeness (QED) is 0.197. The third-order valence-electron chi connectivity index (χ3n) is 9.70. The van der Waals surface area contributed by atoms with Crippen molar-refractivity contribution in [1.29, 1.82) is 0 Å². The van der Waals surface area contributed by atoms with Crippen molar-refractivity contribution in [1.82, 2.24) is 5.32 Å².